The van der Waals surface area contributed by atoms with Crippen molar-refractivity contribution in [1.82, 2.24) is 4.98 Å². The van der Waals surface area contributed by atoms with Crippen molar-refractivity contribution < 1.29 is 4.42 Å². The van der Waals surface area contributed by atoms with Gasteiger partial charge in [-0.05, 0) is 42.5 Å². The first-order chi connectivity index (χ1) is 14.0. The first kappa shape index (κ1) is 20.6. The summed E-state index contributed by atoms with van der Waals surface area (Å²) in [6, 6.07) is 20.8. The van der Waals surface area contributed by atoms with Gasteiger partial charge in [0.1, 0.15) is 10.9 Å². The van der Waals surface area contributed by atoms with Gasteiger partial charge in [0.15, 0.2) is 0 Å². The van der Waals surface area contributed by atoms with E-state index < -0.39 is 0 Å². The predicted molar refractivity (Wildman–Crippen MR) is 123 cm³/mol. The summed E-state index contributed by atoms with van der Waals surface area (Å²) < 4.78 is 6.10. The summed E-state index contributed by atoms with van der Waals surface area (Å²) in [6.45, 7) is 0. The highest BCUT2D eigenvalue weighted by molar-refractivity contribution is 6.29. The van der Waals surface area contributed by atoms with Gasteiger partial charge in [-0.25, -0.2) is 4.98 Å². The average Bonchev–Trinajstić information content (AvgIpc) is 2.72. The van der Waals surface area contributed by atoms with Gasteiger partial charge < -0.3 is 10.2 Å². The second kappa shape index (κ2) is 7.88. The van der Waals surface area contributed by atoms with Crippen LogP contribution in [-0.2, 0) is 5.54 Å². The van der Waals surface area contributed by atoms with Crippen molar-refractivity contribution in [3.05, 3.63) is 87.7 Å². The fourth-order valence-electron chi connectivity index (χ4n) is 3.92. The first-order valence-corrected chi connectivity index (χ1v) is 10.0. The molecule has 4 nitrogen and oxygen atoms in total. The highest BCUT2D eigenvalue weighted by Gasteiger charge is 2.34. The Morgan fingerprint density at radius 2 is 1.63 bits per heavy atom. The van der Waals surface area contributed by atoms with Crippen LogP contribution < -0.4 is 11.2 Å². The minimum atomic E-state index is -0.241. The molecule has 0 amide bonds. The molecule has 1 saturated carbocycles. The van der Waals surface area contributed by atoms with E-state index in [0.29, 0.717) is 16.7 Å². The third-order valence-electron chi connectivity index (χ3n) is 5.75. The van der Waals surface area contributed by atoms with Crippen molar-refractivity contribution in [3.63, 3.8) is 0 Å². The highest BCUT2D eigenvalue weighted by atomic mass is 35.5. The molecule has 0 bridgehead atoms. The second-order valence-electron chi connectivity index (χ2n) is 7.58. The number of benzene rings is 2. The lowest BCUT2D eigenvalue weighted by atomic mass is 9.72. The Morgan fingerprint density at radius 1 is 0.933 bits per heavy atom. The Morgan fingerprint density at radius 3 is 2.27 bits per heavy atom. The molecule has 4 aromatic rings. The van der Waals surface area contributed by atoms with Gasteiger partial charge in [-0.15, -0.1) is 12.4 Å². The normalized spacial score (nSPS) is 14.7. The number of fused-ring (bicyclic) bond motifs is 1. The minimum Gasteiger partial charge on any atom is -0.437 e. The molecule has 0 aliphatic heterocycles. The van der Waals surface area contributed by atoms with Gasteiger partial charge in [0, 0.05) is 11.1 Å². The third-order valence-corrected chi connectivity index (χ3v) is 5.96. The molecular weight excluding hydrogens is 419 g/mol. The Kier molecular flexibility index (Phi) is 5.41. The van der Waals surface area contributed by atoms with Crippen LogP contribution in [-0.4, -0.2) is 4.98 Å². The van der Waals surface area contributed by atoms with Gasteiger partial charge in [-0.1, -0.05) is 66.2 Å². The van der Waals surface area contributed by atoms with Crippen molar-refractivity contribution >= 4 is 35.1 Å². The maximum Gasteiger partial charge on any atom is 0.231 e. The number of nitrogens with two attached hydrogens (primary N) is 1. The lowest BCUT2D eigenvalue weighted by Gasteiger charge is -2.38. The number of hydrogen-bond donors (Lipinski definition) is 1. The monoisotopic (exact) mass is 438 g/mol. The van der Waals surface area contributed by atoms with Crippen LogP contribution in [0.5, 0.6) is 0 Å². The van der Waals surface area contributed by atoms with Crippen LogP contribution in [0.15, 0.2) is 75.9 Å². The zero-order valence-corrected chi connectivity index (χ0v) is 17.7. The standard InChI is InChI=1S/C24H19ClN2O2.ClH/c25-19-12-11-18-21(28)20(15-7-9-17(10-8-15)24(26)13-4-14-24)22(29-23(18)27-19)16-5-2-1-3-6-16;/h1-3,5-12H,4,13-14,26H2;1H. The number of halogens is 2. The molecule has 2 aromatic heterocycles. The highest BCUT2D eigenvalue weighted by Crippen LogP contribution is 2.40. The molecule has 1 aliphatic rings. The zero-order chi connectivity index (χ0) is 20.0. The fourth-order valence-corrected chi connectivity index (χ4v) is 4.06. The maximum absolute atomic E-state index is 13.4. The van der Waals surface area contributed by atoms with E-state index in [-0.39, 0.29) is 34.2 Å². The Hall–Kier alpha value is -2.66. The number of pyridine rings is 1. The van der Waals surface area contributed by atoms with E-state index in [1.54, 1.807) is 12.1 Å². The van der Waals surface area contributed by atoms with Crippen LogP contribution in [0, 0.1) is 0 Å². The van der Waals surface area contributed by atoms with Crippen LogP contribution in [0.25, 0.3) is 33.6 Å². The molecule has 152 valence electrons. The molecule has 0 saturated heterocycles. The number of rotatable bonds is 3. The molecule has 1 aliphatic carbocycles. The Labute approximate surface area is 185 Å². The van der Waals surface area contributed by atoms with Gasteiger partial charge in [0.25, 0.3) is 0 Å². The van der Waals surface area contributed by atoms with Crippen molar-refractivity contribution in [2.45, 2.75) is 24.8 Å². The van der Waals surface area contributed by atoms with E-state index in [0.717, 1.165) is 36.0 Å². The van der Waals surface area contributed by atoms with E-state index in [9.17, 15) is 4.79 Å². The van der Waals surface area contributed by atoms with Crippen molar-refractivity contribution in [3.8, 4) is 22.5 Å². The van der Waals surface area contributed by atoms with Crippen molar-refractivity contribution in [1.29, 1.82) is 0 Å². The molecule has 0 unspecified atom stereocenters. The van der Waals surface area contributed by atoms with Gasteiger partial charge in [-0.2, -0.15) is 0 Å². The summed E-state index contributed by atoms with van der Waals surface area (Å²) in [5, 5.41) is 0.688. The number of hydrogen-bond acceptors (Lipinski definition) is 4. The molecule has 30 heavy (non-hydrogen) atoms. The van der Waals surface area contributed by atoms with E-state index in [2.05, 4.69) is 4.98 Å². The molecule has 5 rings (SSSR count). The summed E-state index contributed by atoms with van der Waals surface area (Å²) in [6.07, 6.45) is 3.14. The summed E-state index contributed by atoms with van der Waals surface area (Å²) in [7, 11) is 0. The van der Waals surface area contributed by atoms with Gasteiger partial charge in [0.05, 0.1) is 10.9 Å². The van der Waals surface area contributed by atoms with E-state index >= 15 is 0 Å². The zero-order valence-electron chi connectivity index (χ0n) is 16.1. The summed E-state index contributed by atoms with van der Waals surface area (Å²) in [4.78, 5) is 17.6. The van der Waals surface area contributed by atoms with Gasteiger partial charge in [-0.3, -0.25) is 4.79 Å². The van der Waals surface area contributed by atoms with Crippen molar-refractivity contribution in [2.75, 3.05) is 0 Å². The van der Waals surface area contributed by atoms with Crippen LogP contribution in [0.2, 0.25) is 5.15 Å². The van der Waals surface area contributed by atoms with E-state index in [1.165, 1.54) is 0 Å². The molecule has 6 heteroatoms. The molecule has 1 fully saturated rings. The van der Waals surface area contributed by atoms with Gasteiger partial charge >= 0.3 is 0 Å². The number of nitrogens with zero attached hydrogens (tertiary/aromatic N) is 1. The molecule has 2 aromatic carbocycles. The number of aromatic nitrogens is 1. The fraction of sp³-hybridized carbons (Fsp3) is 0.167. The molecular formula is C24H20Cl2N2O2. The van der Waals surface area contributed by atoms with E-state index in [1.807, 2.05) is 54.6 Å². The van der Waals surface area contributed by atoms with Crippen LogP contribution >= 0.6 is 24.0 Å². The van der Waals surface area contributed by atoms with Crippen LogP contribution in [0.3, 0.4) is 0 Å². The second-order valence-corrected chi connectivity index (χ2v) is 7.96. The SMILES string of the molecule is Cl.NC1(c2ccc(-c3c(-c4ccccc4)oc4nc(Cl)ccc4c3=O)cc2)CCC1. The maximum atomic E-state index is 13.4. The molecule has 0 spiro atoms. The minimum absolute atomic E-state index is 0. The first-order valence-electron chi connectivity index (χ1n) is 9.64. The smallest absolute Gasteiger partial charge is 0.231 e. The summed E-state index contributed by atoms with van der Waals surface area (Å²) in [5.41, 5.74) is 9.53. The average molecular weight is 439 g/mol. The molecule has 2 N–H and O–H groups in total. The van der Waals surface area contributed by atoms with Gasteiger partial charge in [0.2, 0.25) is 11.1 Å². The van der Waals surface area contributed by atoms with Crippen molar-refractivity contribution in [2.24, 2.45) is 5.73 Å². The molecule has 0 atom stereocenters. The summed E-state index contributed by atoms with van der Waals surface area (Å²) >= 11 is 6.02. The molecule has 2 heterocycles. The third kappa shape index (κ3) is 3.41. The lowest BCUT2D eigenvalue weighted by Crippen LogP contribution is -2.43. The van der Waals surface area contributed by atoms with Crippen LogP contribution in [0.4, 0.5) is 0 Å². The Balaban J connectivity index is 0.00000218. The summed E-state index contributed by atoms with van der Waals surface area (Å²) in [5.74, 6) is 0.483. The predicted octanol–water partition coefficient (Wildman–Crippen LogP) is 5.94. The topological polar surface area (TPSA) is 69.1 Å². The quantitative estimate of drug-likeness (QED) is 0.402. The largest absolute Gasteiger partial charge is 0.437 e. The van der Waals surface area contributed by atoms with Crippen LogP contribution in [0.1, 0.15) is 24.8 Å². The Bertz CT molecular complexity index is 1260. The molecule has 0 radical (unpaired) electrons. The van der Waals surface area contributed by atoms with E-state index in [4.69, 9.17) is 21.8 Å². The lowest BCUT2D eigenvalue weighted by molar-refractivity contribution is 0.253.